The van der Waals surface area contributed by atoms with Gasteiger partial charge in [0.1, 0.15) is 51.8 Å². The summed E-state index contributed by atoms with van der Waals surface area (Å²) in [5.41, 5.74) is 9.58. The molecule has 1 aliphatic carbocycles. The number of pyridine rings is 1. The van der Waals surface area contributed by atoms with Gasteiger partial charge in [-0.2, -0.15) is 22.7 Å². The first-order chi connectivity index (χ1) is 52.3. The molecule has 0 saturated carbocycles. The van der Waals surface area contributed by atoms with Gasteiger partial charge in [-0.05, 0) is 144 Å². The zero-order valence-corrected chi connectivity index (χ0v) is 75.1. The van der Waals surface area contributed by atoms with E-state index in [2.05, 4.69) is 108 Å². The van der Waals surface area contributed by atoms with Crippen molar-refractivity contribution in [3.63, 3.8) is 0 Å². The average Bonchev–Trinajstić information content (AvgIpc) is 1.59. The Morgan fingerprint density at radius 1 is 0.833 bits per heavy atom. The third-order valence-corrected chi connectivity index (χ3v) is 21.8. The number of allylic oxidation sites excluding steroid dienone is 7. The van der Waals surface area contributed by atoms with Crippen molar-refractivity contribution in [1.82, 2.24) is 30.7 Å². The molecular formula is C78H91F2N9Na3O18S4+. The van der Waals surface area contributed by atoms with Crippen LogP contribution < -0.4 is 114 Å². The van der Waals surface area contributed by atoms with Crippen LogP contribution in [-0.4, -0.2) is 172 Å². The van der Waals surface area contributed by atoms with Gasteiger partial charge < -0.3 is 48.9 Å². The largest absolute Gasteiger partial charge is 1.00 e. The number of nitriles is 1. The number of Topliss-reactive ketones (excluding diaryl/α,β-unsaturated/α-hetero) is 2. The number of nitrogens with zero attached hydrogens (tertiary/aromatic N) is 6. The summed E-state index contributed by atoms with van der Waals surface area (Å²) in [7, 11) is -10.9. The Labute approximate surface area is 737 Å². The molecule has 0 spiro atoms. The molecule has 4 atom stereocenters. The minimum absolute atomic E-state index is 0. The monoisotopic (exact) mass is 1680 g/mol. The van der Waals surface area contributed by atoms with Crippen molar-refractivity contribution in [1.29, 1.82) is 5.26 Å². The summed E-state index contributed by atoms with van der Waals surface area (Å²) in [6, 6.07) is 20.7. The molecule has 3 N–H and O–H groups in total. The minimum Gasteiger partial charge on any atom is -0.744 e. The van der Waals surface area contributed by atoms with E-state index in [9.17, 15) is 65.4 Å². The van der Waals surface area contributed by atoms with Gasteiger partial charge in [-0.3, -0.25) is 48.2 Å². The second-order valence-electron chi connectivity index (χ2n) is 28.4. The molecule has 596 valence electrons. The van der Waals surface area contributed by atoms with Crippen LogP contribution in [0.5, 0.6) is 5.75 Å². The Morgan fingerprint density at radius 2 is 1.50 bits per heavy atom. The molecule has 2 unspecified atom stereocenters. The molecule has 2 saturated heterocycles. The van der Waals surface area contributed by atoms with Crippen LogP contribution >= 0.6 is 11.8 Å². The number of carbonyl (C=O) groups excluding carboxylic acids is 8. The number of benzene rings is 3. The SMILES string of the molecule is O=S(=O)=O.O=S(=O)=O.[CH2-]CCCN1C(=CC=C2CCCC(C=CC3=[N+](CCC[CH2-])c4ccc(S(=O)(=O)[O-])cc4C3(C)C)=C2Oc2ccc(CCC(=O)NCCN3C(=O)CC(SCC(CC(=O)CCC(=O)NCc4cc(C(=O)N[C@H](C)C(=O)N5CC(F)(F)C[C@H]5C#N)ccn4)C(C)=O)C3=O)cc2)C(C)(C)c2cc(C)ccc21.[Na+].[Na+].[Na+]. The molecule has 0 radical (unpaired) electrons. The number of hydrogen-bond acceptors (Lipinski definition) is 22. The number of ketones is 2. The summed E-state index contributed by atoms with van der Waals surface area (Å²) in [6.07, 6.45) is 14.4. The third kappa shape index (κ3) is 27.7. The van der Waals surface area contributed by atoms with Crippen LogP contribution in [0.25, 0.3) is 0 Å². The van der Waals surface area contributed by atoms with Crippen LogP contribution in [0.4, 0.5) is 20.2 Å². The molecule has 114 heavy (non-hydrogen) atoms. The second-order valence-corrected chi connectivity index (χ2v) is 31.9. The van der Waals surface area contributed by atoms with Crippen molar-refractivity contribution >= 4 is 107 Å². The number of fused-ring (bicyclic) bond motifs is 2. The molecule has 3 aromatic carbocycles. The zero-order chi connectivity index (χ0) is 81.9. The van der Waals surface area contributed by atoms with Crippen LogP contribution in [0.1, 0.15) is 163 Å². The van der Waals surface area contributed by atoms with Crippen molar-refractivity contribution in [3.05, 3.63) is 173 Å². The van der Waals surface area contributed by atoms with Crippen LogP contribution in [0.15, 0.2) is 131 Å². The van der Waals surface area contributed by atoms with E-state index in [1.54, 1.807) is 12.1 Å². The van der Waals surface area contributed by atoms with Crippen LogP contribution in [0.2, 0.25) is 0 Å². The smallest absolute Gasteiger partial charge is 0.744 e. The number of nitrogens with one attached hydrogen (secondary N) is 3. The molecule has 5 aliphatic rings. The maximum absolute atomic E-state index is 13.9. The predicted octanol–water partition coefficient (Wildman–Crippen LogP) is -0.367. The first kappa shape index (κ1) is 99.6. The van der Waals surface area contributed by atoms with E-state index in [-0.39, 0.29) is 185 Å². The maximum atomic E-state index is 13.9. The van der Waals surface area contributed by atoms with E-state index in [4.69, 9.17) is 30.0 Å². The molecule has 4 aliphatic heterocycles. The Balaban J connectivity index is 0.00000237. The van der Waals surface area contributed by atoms with Gasteiger partial charge in [0.05, 0.1) is 40.4 Å². The predicted molar refractivity (Wildman–Crippen MR) is 406 cm³/mol. The van der Waals surface area contributed by atoms with E-state index in [1.807, 2.05) is 38.1 Å². The number of amides is 6. The van der Waals surface area contributed by atoms with E-state index >= 15 is 0 Å². The summed E-state index contributed by atoms with van der Waals surface area (Å²) >= 11 is 1.10. The summed E-state index contributed by atoms with van der Waals surface area (Å²) in [5.74, 6) is -6.57. The summed E-state index contributed by atoms with van der Waals surface area (Å²) in [6.45, 7) is 21.9. The fourth-order valence-electron chi connectivity index (χ4n) is 13.8. The number of aromatic nitrogens is 1. The number of aryl methyl sites for hydroxylation is 2. The zero-order valence-electron chi connectivity index (χ0n) is 65.8. The summed E-state index contributed by atoms with van der Waals surface area (Å²) < 4.78 is 125. The number of anilines is 1. The summed E-state index contributed by atoms with van der Waals surface area (Å²) in [4.78, 5) is 113. The van der Waals surface area contributed by atoms with Gasteiger partial charge in [-0.25, -0.2) is 17.2 Å². The second kappa shape index (κ2) is 45.3. The standard InChI is InChI=1S/C78H92F2N9O12S2.3Na.2O3S/c1-10-12-36-86-64-27-17-49(3)39-62(64)76(6,7)67(86)29-21-53-15-14-16-54(22-30-68-77(8,9)63-42-61(103(98,99)100)26-28-65(63)87(68)37-13-11-2)72(53)101-60-24-18-52(19-25-60)20-31-69(92)83-35-38-88-71(94)43-66(75(88)97)102-47-56(51(5)90)41-59(91)23-32-70(93)84-46-57-40-55(33-34-82-57)73(95)85-50(4)74(96)89-48-78(79,80)44-58(89)45-81;;;;2*1-4(2)3/h17-19,21-22,24-30,33-34,39-40,42,50,56,58,66H,1-2,10-16,20,23,31-32,35-38,41,43-44,46-48H2,3-9H3,(H,83,92)(H,84,93)(H,85,95)(H,98,99,100);;;;;/q-1;3*+1;;/p-1/t50-,56?,58+,66?;;;;;/m1...../s1. The van der Waals surface area contributed by atoms with Crippen molar-refractivity contribution < 1.29 is 183 Å². The molecule has 4 aromatic rings. The number of imide groups is 1. The number of unbranched alkanes of at least 4 members (excludes halogenated alkanes) is 2. The molecule has 36 heteroatoms. The Bertz CT molecular complexity index is 4790. The number of likely N-dealkylation sites (tertiary alicyclic amines) is 2. The third-order valence-electron chi connectivity index (χ3n) is 19.6. The van der Waals surface area contributed by atoms with Gasteiger partial charge in [0.2, 0.25) is 35.2 Å². The first-order valence-corrected chi connectivity index (χ1v) is 40.5. The van der Waals surface area contributed by atoms with Gasteiger partial charge in [-0.15, -0.1) is 37.0 Å². The molecule has 9 rings (SSSR count). The van der Waals surface area contributed by atoms with Gasteiger partial charge in [0.25, 0.3) is 11.8 Å². The normalized spacial score (nSPS) is 18.1. The fraction of sp³-hybridized carbons (Fsp3) is 0.449. The molecule has 1 aromatic heterocycles. The molecule has 6 amide bonds. The first-order valence-electron chi connectivity index (χ1n) is 36.0. The van der Waals surface area contributed by atoms with E-state index in [0.29, 0.717) is 31.6 Å². The number of ether oxygens (including phenoxy) is 1. The van der Waals surface area contributed by atoms with Crippen molar-refractivity contribution in [3.8, 4) is 11.8 Å². The number of thioether (sulfide) groups is 1. The maximum Gasteiger partial charge on any atom is 1.00 e. The van der Waals surface area contributed by atoms with E-state index in [1.165, 1.54) is 66.8 Å². The number of hydrogen-bond donors (Lipinski definition) is 3. The van der Waals surface area contributed by atoms with Crippen molar-refractivity contribution in [2.24, 2.45) is 5.92 Å². The molecule has 2 fully saturated rings. The fourth-order valence-corrected chi connectivity index (χ4v) is 15.6. The van der Waals surface area contributed by atoms with Gasteiger partial charge in [-0.1, -0.05) is 56.2 Å². The van der Waals surface area contributed by atoms with Gasteiger partial charge in [0, 0.05) is 116 Å². The number of rotatable bonds is 32. The Morgan fingerprint density at radius 3 is 2.14 bits per heavy atom. The van der Waals surface area contributed by atoms with Crippen molar-refractivity contribution in [2.45, 2.75) is 184 Å². The molecule has 27 nitrogen and oxygen atoms in total. The van der Waals surface area contributed by atoms with E-state index in [0.717, 1.165) is 99.6 Å². The quantitative estimate of drug-likeness (QED) is 0.0185. The number of alkyl halides is 2. The topological polar surface area (TPSA) is 391 Å². The van der Waals surface area contributed by atoms with Crippen LogP contribution in [-0.2, 0) is 88.7 Å². The summed E-state index contributed by atoms with van der Waals surface area (Å²) in [5, 5.41) is 16.4. The molecule has 5 heterocycles. The average molecular weight is 1680 g/mol. The van der Waals surface area contributed by atoms with Gasteiger partial charge >= 0.3 is 110 Å². The van der Waals surface area contributed by atoms with E-state index < -0.39 is 108 Å². The van der Waals surface area contributed by atoms with Gasteiger partial charge in [0.15, 0.2) is 5.71 Å². The Kier molecular flexibility index (Phi) is 39.6. The van der Waals surface area contributed by atoms with Crippen LogP contribution in [0.3, 0.4) is 0 Å². The Hall–Kier alpha value is -6.75. The van der Waals surface area contributed by atoms with Crippen LogP contribution in [0, 0.1) is 38.0 Å². The molecular weight excluding hydrogens is 1590 g/mol. The minimum atomic E-state index is -4.71. The molecule has 0 bridgehead atoms. The number of carbonyl (C=O) groups is 8. The van der Waals surface area contributed by atoms with Crippen molar-refractivity contribution in [2.75, 3.05) is 43.4 Å². The number of halogens is 2.